The van der Waals surface area contributed by atoms with Crippen LogP contribution in [0.2, 0.25) is 0 Å². The first-order valence-corrected chi connectivity index (χ1v) is 12.3. The molecule has 0 saturated heterocycles. The van der Waals surface area contributed by atoms with Gasteiger partial charge in [0.15, 0.2) is 18.2 Å². The van der Waals surface area contributed by atoms with E-state index in [-0.39, 0.29) is 12.3 Å². The third kappa shape index (κ3) is 4.87. The predicted octanol–water partition coefficient (Wildman–Crippen LogP) is 6.12. The van der Waals surface area contributed by atoms with Crippen molar-refractivity contribution in [1.29, 1.82) is 0 Å². The number of methoxy groups -OCH3 is 1. The first-order chi connectivity index (χ1) is 16.2. The second-order valence-electron chi connectivity index (χ2n) is 7.49. The van der Waals surface area contributed by atoms with E-state index in [9.17, 15) is 3.89 Å². The van der Waals surface area contributed by atoms with Gasteiger partial charge in [-0.25, -0.2) is 13.4 Å². The van der Waals surface area contributed by atoms with Crippen molar-refractivity contribution < 1.29 is 8.62 Å². The molecule has 4 aromatic rings. The highest BCUT2D eigenvalue weighted by atomic mass is 32.2. The lowest BCUT2D eigenvalue weighted by molar-refractivity contribution is 0.0257. The van der Waals surface area contributed by atoms with Gasteiger partial charge in [-0.15, -0.1) is 3.89 Å². The molecule has 3 aromatic heterocycles. The molecule has 0 N–H and O–H groups in total. The molecule has 33 heavy (non-hydrogen) atoms. The van der Waals surface area contributed by atoms with E-state index in [4.69, 9.17) is 4.74 Å². The van der Waals surface area contributed by atoms with Gasteiger partial charge in [0.1, 0.15) is 0 Å². The van der Waals surface area contributed by atoms with Crippen LogP contribution < -0.4 is 3.71 Å². The summed E-state index contributed by atoms with van der Waals surface area (Å²) < 4.78 is 24.3. The first-order valence-electron chi connectivity index (χ1n) is 10.9. The smallest absolute Gasteiger partial charge is 0.176 e. The van der Waals surface area contributed by atoms with Gasteiger partial charge in [0.2, 0.25) is 0 Å². The minimum Gasteiger partial charge on any atom is -0.381 e. The maximum atomic E-state index is 13.9. The number of para-hydroxylation sites is 1. The topological polar surface area (TPSA) is 61.0 Å². The fourth-order valence-corrected chi connectivity index (χ4v) is 5.15. The summed E-state index contributed by atoms with van der Waals surface area (Å²) in [5.74, 6) is 1.24. The Hall–Kier alpha value is -2.56. The van der Waals surface area contributed by atoms with Gasteiger partial charge in [0, 0.05) is 43.9 Å². The van der Waals surface area contributed by atoms with Crippen molar-refractivity contribution in [1.82, 2.24) is 24.5 Å². The Bertz CT molecular complexity index is 1210. The summed E-state index contributed by atoms with van der Waals surface area (Å²) >= 11 is 1.43. The highest BCUT2D eigenvalue weighted by Crippen LogP contribution is 2.40. The normalized spacial score (nSPS) is 17.4. The van der Waals surface area contributed by atoms with Crippen molar-refractivity contribution in [2.75, 3.05) is 10.8 Å². The van der Waals surface area contributed by atoms with Crippen molar-refractivity contribution >= 4 is 40.9 Å². The van der Waals surface area contributed by atoms with Gasteiger partial charge in [-0.05, 0) is 42.5 Å². The number of benzene rings is 1. The van der Waals surface area contributed by atoms with E-state index in [1.807, 2.05) is 51.5 Å². The van der Waals surface area contributed by atoms with Crippen LogP contribution in [0.1, 0.15) is 38.2 Å². The van der Waals surface area contributed by atoms with Crippen molar-refractivity contribution in [3.05, 3.63) is 60.7 Å². The molecule has 0 atom stereocenters. The van der Waals surface area contributed by atoms with Crippen LogP contribution in [0.5, 0.6) is 0 Å². The molecule has 174 valence electrons. The quantitative estimate of drug-likeness (QED) is 0.292. The van der Waals surface area contributed by atoms with E-state index < -0.39 is 0 Å². The third-order valence-corrected chi connectivity index (χ3v) is 7.15. The zero-order valence-corrected chi connectivity index (χ0v) is 20.7. The number of aryl methyl sites for hydroxylation is 1. The number of anilines is 1. The van der Waals surface area contributed by atoms with Crippen LogP contribution in [-0.4, -0.2) is 37.8 Å². The zero-order valence-electron chi connectivity index (χ0n) is 19.1. The molecule has 0 spiro atoms. The molecule has 1 aliphatic carbocycles. The number of hydrogen-bond donors (Lipinski definition) is 0. The van der Waals surface area contributed by atoms with E-state index in [1.54, 1.807) is 28.9 Å². The standard InChI is InChI=1S/C21H21FN6OS2.C2H6/c1-26-21-15(11-24-26)4-3-5-19(21)28(31-22)30-18-12-25-27(13-18)20-10-14(6-7-23-20)16-8-17(9-16)29-2;1-2/h3-7,10-13,16-17H,8-9H2,1-2H3;1-2H3. The number of nitrogens with zero attached hydrogens (tertiary/aromatic N) is 6. The second kappa shape index (κ2) is 10.6. The monoisotopic (exact) mass is 486 g/mol. The maximum absolute atomic E-state index is 13.9. The lowest BCUT2D eigenvalue weighted by Gasteiger charge is -2.34. The lowest BCUT2D eigenvalue weighted by atomic mass is 9.78. The molecule has 0 aliphatic heterocycles. The second-order valence-corrected chi connectivity index (χ2v) is 9.25. The molecule has 1 aromatic carbocycles. The fourth-order valence-electron chi connectivity index (χ4n) is 3.88. The van der Waals surface area contributed by atoms with Crippen LogP contribution in [0, 0.1) is 0 Å². The molecule has 10 heteroatoms. The number of aromatic nitrogens is 5. The molecule has 0 unspecified atom stereocenters. The van der Waals surface area contributed by atoms with Crippen LogP contribution in [0.4, 0.5) is 9.57 Å². The van der Waals surface area contributed by atoms with E-state index in [1.165, 1.54) is 21.2 Å². The summed E-state index contributed by atoms with van der Waals surface area (Å²) in [6.07, 6.45) is 9.58. The van der Waals surface area contributed by atoms with Gasteiger partial charge in [0.05, 0.1) is 34.6 Å². The van der Waals surface area contributed by atoms with Crippen LogP contribution >= 0.6 is 24.3 Å². The molecule has 1 saturated carbocycles. The van der Waals surface area contributed by atoms with Crippen LogP contribution in [0.25, 0.3) is 16.7 Å². The van der Waals surface area contributed by atoms with Crippen LogP contribution in [-0.2, 0) is 11.8 Å². The minimum atomic E-state index is 0.160. The van der Waals surface area contributed by atoms with E-state index in [0.29, 0.717) is 12.0 Å². The summed E-state index contributed by atoms with van der Waals surface area (Å²) in [5, 5.41) is 9.69. The number of ether oxygens (including phenoxy) is 1. The molecular weight excluding hydrogens is 459 g/mol. The van der Waals surface area contributed by atoms with Gasteiger partial charge in [-0.1, -0.05) is 26.0 Å². The Morgan fingerprint density at radius 3 is 2.73 bits per heavy atom. The Balaban J connectivity index is 0.00000126. The number of halogens is 1. The van der Waals surface area contributed by atoms with Gasteiger partial charge in [-0.3, -0.25) is 4.68 Å². The highest BCUT2D eigenvalue weighted by molar-refractivity contribution is 8.16. The molecule has 7 nitrogen and oxygen atoms in total. The molecule has 3 heterocycles. The van der Waals surface area contributed by atoms with Crippen LogP contribution in [0.3, 0.4) is 0 Å². The molecule has 1 fully saturated rings. The lowest BCUT2D eigenvalue weighted by Crippen LogP contribution is -2.28. The number of fused-ring (bicyclic) bond motifs is 1. The average molecular weight is 487 g/mol. The van der Waals surface area contributed by atoms with Crippen molar-refractivity contribution in [3.8, 4) is 5.82 Å². The summed E-state index contributed by atoms with van der Waals surface area (Å²) in [7, 11) is 3.61. The van der Waals surface area contributed by atoms with Gasteiger partial charge >= 0.3 is 0 Å². The first kappa shape index (κ1) is 23.6. The Labute approximate surface area is 201 Å². The van der Waals surface area contributed by atoms with Crippen molar-refractivity contribution in [3.63, 3.8) is 0 Å². The minimum absolute atomic E-state index is 0.160. The molecule has 0 amide bonds. The predicted molar refractivity (Wildman–Crippen MR) is 133 cm³/mol. The van der Waals surface area contributed by atoms with E-state index in [2.05, 4.69) is 27.3 Å². The molecular formula is C23H27FN6OS2. The largest absolute Gasteiger partial charge is 0.381 e. The van der Waals surface area contributed by atoms with E-state index in [0.717, 1.165) is 40.1 Å². The molecule has 1 aliphatic rings. The van der Waals surface area contributed by atoms with Gasteiger partial charge < -0.3 is 4.74 Å². The SMILES string of the molecule is CC.COC1CC(c2ccnc(-n3cc(SN(SF)c4cccc5cnn(C)c45)cn3)c2)C1. The van der Waals surface area contributed by atoms with Crippen LogP contribution in [0.15, 0.2) is 60.0 Å². The Morgan fingerprint density at radius 1 is 1.15 bits per heavy atom. The fraction of sp³-hybridized carbons (Fsp3) is 0.348. The summed E-state index contributed by atoms with van der Waals surface area (Å²) in [6.45, 7) is 4.00. The van der Waals surface area contributed by atoms with E-state index >= 15 is 0 Å². The molecule has 0 radical (unpaired) electrons. The summed E-state index contributed by atoms with van der Waals surface area (Å²) in [4.78, 5) is 5.27. The molecule has 5 rings (SSSR count). The number of rotatable bonds is 7. The Kier molecular flexibility index (Phi) is 7.56. The van der Waals surface area contributed by atoms with Gasteiger partial charge in [0.25, 0.3) is 0 Å². The third-order valence-electron chi connectivity index (χ3n) is 5.65. The maximum Gasteiger partial charge on any atom is 0.176 e. The average Bonchev–Trinajstić information content (AvgIpc) is 3.45. The number of pyridine rings is 1. The number of hydrogen-bond acceptors (Lipinski definition) is 7. The molecule has 0 bridgehead atoms. The summed E-state index contributed by atoms with van der Waals surface area (Å²) in [6, 6.07) is 9.86. The van der Waals surface area contributed by atoms with Crippen molar-refractivity contribution in [2.24, 2.45) is 7.05 Å². The highest BCUT2D eigenvalue weighted by Gasteiger charge is 2.30. The zero-order chi connectivity index (χ0) is 23.4. The Morgan fingerprint density at radius 2 is 1.97 bits per heavy atom. The van der Waals surface area contributed by atoms with Gasteiger partial charge in [-0.2, -0.15) is 10.2 Å². The van der Waals surface area contributed by atoms with Crippen molar-refractivity contribution in [2.45, 2.75) is 43.6 Å². The summed E-state index contributed by atoms with van der Waals surface area (Å²) in [5.41, 5.74) is 2.85.